The quantitative estimate of drug-likeness (QED) is 0.0803. The Hall–Kier alpha value is -0.900. The van der Waals surface area contributed by atoms with Gasteiger partial charge in [-0.25, -0.2) is 0 Å². The maximum Gasteiger partial charge on any atom is 0.321 e. The van der Waals surface area contributed by atoms with Crippen molar-refractivity contribution in [3.05, 3.63) is 11.7 Å². The lowest BCUT2D eigenvalue weighted by molar-refractivity contribution is -0.0692. The molecule has 0 fully saturated rings. The monoisotopic (exact) mass is 442 g/mol. The predicted octanol–water partition coefficient (Wildman–Crippen LogP) is 8.89. The third-order valence-corrected chi connectivity index (χ3v) is 5.55. The van der Waals surface area contributed by atoms with Crippen LogP contribution >= 0.6 is 0 Å². The molecule has 0 saturated heterocycles. The van der Waals surface area contributed by atoms with Crippen LogP contribution in [0.25, 0.3) is 0 Å². The van der Waals surface area contributed by atoms with E-state index in [0.29, 0.717) is 12.6 Å². The Bertz CT molecular complexity index is 381. The zero-order valence-electron chi connectivity index (χ0n) is 21.5. The third-order valence-electron chi connectivity index (χ3n) is 5.55. The zero-order valence-corrected chi connectivity index (χ0v) is 21.5. The summed E-state index contributed by atoms with van der Waals surface area (Å²) in [5.41, 5.74) is 0. The Morgan fingerprint density at radius 3 is 1.45 bits per heavy atom. The second-order valence-corrected chi connectivity index (χ2v) is 8.66. The summed E-state index contributed by atoms with van der Waals surface area (Å²) in [5, 5.41) is 0. The summed E-state index contributed by atoms with van der Waals surface area (Å²) in [5.74, 6) is 1.42. The van der Waals surface area contributed by atoms with E-state index in [0.717, 1.165) is 38.0 Å². The molecule has 4 heteroatoms. The van der Waals surface area contributed by atoms with E-state index in [2.05, 4.69) is 20.8 Å². The smallest absolute Gasteiger partial charge is 0.321 e. The van der Waals surface area contributed by atoms with Crippen molar-refractivity contribution in [1.82, 2.24) is 0 Å². The summed E-state index contributed by atoms with van der Waals surface area (Å²) in [4.78, 5) is 0. The van der Waals surface area contributed by atoms with Crippen molar-refractivity contribution < 1.29 is 18.9 Å². The minimum atomic E-state index is 0.199. The molecule has 0 spiro atoms. The third kappa shape index (κ3) is 20.7. The summed E-state index contributed by atoms with van der Waals surface area (Å²) in [6.45, 7) is 8.38. The Kier molecular flexibility index (Phi) is 24.6. The Balaban J connectivity index is 4.46. The fourth-order valence-electron chi connectivity index (χ4n) is 3.56. The van der Waals surface area contributed by atoms with Crippen molar-refractivity contribution in [2.45, 2.75) is 136 Å². The van der Waals surface area contributed by atoms with Crippen molar-refractivity contribution in [3.63, 3.8) is 0 Å². The fourth-order valence-corrected chi connectivity index (χ4v) is 3.56. The highest BCUT2D eigenvalue weighted by Crippen LogP contribution is 2.19. The maximum atomic E-state index is 6.17. The fraction of sp³-hybridized carbons (Fsp3) is 0.926. The number of rotatable bonds is 25. The number of hydrogen-bond donors (Lipinski definition) is 0. The number of ether oxygens (including phenoxy) is 4. The first-order chi connectivity index (χ1) is 15.3. The highest BCUT2D eigenvalue weighted by Gasteiger charge is 2.13. The molecule has 0 unspecified atom stereocenters. The highest BCUT2D eigenvalue weighted by molar-refractivity contribution is 4.95. The van der Waals surface area contributed by atoms with Crippen LogP contribution < -0.4 is 0 Å². The molecule has 0 aromatic rings. The molecule has 0 aliphatic heterocycles. The van der Waals surface area contributed by atoms with Gasteiger partial charge >= 0.3 is 5.95 Å². The van der Waals surface area contributed by atoms with E-state index in [-0.39, 0.29) is 6.79 Å². The van der Waals surface area contributed by atoms with Gasteiger partial charge in [-0.1, -0.05) is 111 Å². The maximum absolute atomic E-state index is 6.17. The summed E-state index contributed by atoms with van der Waals surface area (Å²) in [6.07, 6.45) is 22.3. The van der Waals surface area contributed by atoms with Crippen molar-refractivity contribution in [2.75, 3.05) is 27.1 Å². The molecule has 0 aromatic carbocycles. The molecule has 0 atom stereocenters. The lowest BCUT2D eigenvalue weighted by Gasteiger charge is -2.17. The second-order valence-electron chi connectivity index (χ2n) is 8.66. The van der Waals surface area contributed by atoms with E-state index in [1.54, 1.807) is 7.11 Å². The van der Waals surface area contributed by atoms with Crippen LogP contribution in [0.3, 0.4) is 0 Å². The van der Waals surface area contributed by atoms with Gasteiger partial charge in [0.15, 0.2) is 12.6 Å². The van der Waals surface area contributed by atoms with E-state index in [1.165, 1.54) is 89.9 Å². The number of methoxy groups -OCH3 is 1. The molecular formula is C27H54O4. The second kappa shape index (κ2) is 25.4. The molecule has 186 valence electrons. The van der Waals surface area contributed by atoms with Crippen LogP contribution in [-0.2, 0) is 18.9 Å². The van der Waals surface area contributed by atoms with E-state index < -0.39 is 0 Å². The average molecular weight is 443 g/mol. The van der Waals surface area contributed by atoms with Crippen LogP contribution in [0.5, 0.6) is 0 Å². The molecule has 0 aliphatic carbocycles. The molecule has 31 heavy (non-hydrogen) atoms. The molecule has 0 saturated carbocycles. The van der Waals surface area contributed by atoms with Gasteiger partial charge in [0.1, 0.15) is 0 Å². The van der Waals surface area contributed by atoms with Gasteiger partial charge in [-0.2, -0.15) is 0 Å². The molecule has 0 amide bonds. The van der Waals surface area contributed by atoms with Crippen LogP contribution in [-0.4, -0.2) is 27.1 Å². The highest BCUT2D eigenvalue weighted by atomic mass is 16.7. The lowest BCUT2D eigenvalue weighted by atomic mass is 10.1. The molecule has 0 N–H and O–H groups in total. The molecule has 4 nitrogen and oxygen atoms in total. The van der Waals surface area contributed by atoms with Gasteiger partial charge in [0.2, 0.25) is 0 Å². The summed E-state index contributed by atoms with van der Waals surface area (Å²) in [7, 11) is 1.64. The molecule has 0 aliphatic rings. The van der Waals surface area contributed by atoms with E-state index in [4.69, 9.17) is 18.9 Å². The Morgan fingerprint density at radius 2 is 0.935 bits per heavy atom. The molecule has 0 heterocycles. The summed E-state index contributed by atoms with van der Waals surface area (Å²) in [6, 6.07) is 0. The van der Waals surface area contributed by atoms with Crippen molar-refractivity contribution in [2.24, 2.45) is 0 Å². The molecule has 0 rings (SSSR count). The SMILES string of the molecule is CCCCCCCCCOC(CCCCC)=C(OCCCCCCCCC)OCOC. The molecular weight excluding hydrogens is 388 g/mol. The van der Waals surface area contributed by atoms with Gasteiger partial charge in [0.25, 0.3) is 0 Å². The van der Waals surface area contributed by atoms with Crippen LogP contribution in [0.2, 0.25) is 0 Å². The van der Waals surface area contributed by atoms with Gasteiger partial charge in [-0.3, -0.25) is 0 Å². The van der Waals surface area contributed by atoms with Crippen molar-refractivity contribution >= 4 is 0 Å². The van der Waals surface area contributed by atoms with Crippen LogP contribution in [0.1, 0.15) is 136 Å². The number of unbranched alkanes of at least 4 members (excludes halogenated alkanes) is 14. The zero-order chi connectivity index (χ0) is 22.8. The minimum absolute atomic E-state index is 0.199. The van der Waals surface area contributed by atoms with E-state index in [1.807, 2.05) is 0 Å². The van der Waals surface area contributed by atoms with Crippen LogP contribution in [0.4, 0.5) is 0 Å². The summed E-state index contributed by atoms with van der Waals surface area (Å²) >= 11 is 0. The molecule has 0 aromatic heterocycles. The lowest BCUT2D eigenvalue weighted by Crippen LogP contribution is -2.09. The first-order valence-electron chi connectivity index (χ1n) is 13.4. The molecule has 0 bridgehead atoms. The van der Waals surface area contributed by atoms with E-state index in [9.17, 15) is 0 Å². The minimum Gasteiger partial charge on any atom is -0.491 e. The van der Waals surface area contributed by atoms with Crippen LogP contribution in [0, 0.1) is 0 Å². The molecule has 0 radical (unpaired) electrons. The van der Waals surface area contributed by atoms with Gasteiger partial charge in [0.05, 0.1) is 13.2 Å². The number of allylic oxidation sites excluding steroid dienone is 1. The van der Waals surface area contributed by atoms with Gasteiger partial charge in [0, 0.05) is 13.5 Å². The normalized spacial score (nSPS) is 12.0. The van der Waals surface area contributed by atoms with Crippen molar-refractivity contribution in [3.8, 4) is 0 Å². The Labute approximate surface area is 194 Å². The van der Waals surface area contributed by atoms with Crippen LogP contribution in [0.15, 0.2) is 11.7 Å². The summed E-state index contributed by atoms with van der Waals surface area (Å²) < 4.78 is 23.1. The van der Waals surface area contributed by atoms with Gasteiger partial charge < -0.3 is 18.9 Å². The topological polar surface area (TPSA) is 36.9 Å². The largest absolute Gasteiger partial charge is 0.491 e. The number of hydrogen-bond acceptors (Lipinski definition) is 4. The van der Waals surface area contributed by atoms with Crippen molar-refractivity contribution in [1.29, 1.82) is 0 Å². The first kappa shape index (κ1) is 30.1. The van der Waals surface area contributed by atoms with Gasteiger partial charge in [-0.15, -0.1) is 0 Å². The van der Waals surface area contributed by atoms with Gasteiger partial charge in [-0.05, 0) is 19.3 Å². The Morgan fingerprint density at radius 1 is 0.484 bits per heavy atom. The standard InChI is InChI=1S/C27H54O4/c1-5-8-11-13-15-17-20-23-29-26(22-19-10-7-3)27(31-25-28-4)30-24-21-18-16-14-12-9-6-2/h5-25H2,1-4H3. The predicted molar refractivity (Wildman–Crippen MR) is 132 cm³/mol. The van der Waals surface area contributed by atoms with E-state index >= 15 is 0 Å². The first-order valence-corrected chi connectivity index (χ1v) is 13.4. The average Bonchev–Trinajstić information content (AvgIpc) is 2.78.